The summed E-state index contributed by atoms with van der Waals surface area (Å²) in [5, 5.41) is 4.35. The summed E-state index contributed by atoms with van der Waals surface area (Å²) in [6.45, 7) is 1.58. The number of nitrogens with zero attached hydrogens (tertiary/aromatic N) is 1. The van der Waals surface area contributed by atoms with E-state index in [1.807, 2.05) is 0 Å². The number of hydrogen-bond donors (Lipinski definition) is 0. The van der Waals surface area contributed by atoms with Gasteiger partial charge in [-0.05, 0) is 37.3 Å². The highest BCUT2D eigenvalue weighted by molar-refractivity contribution is 6.35. The first-order chi connectivity index (χ1) is 11.4. The minimum absolute atomic E-state index is 0.0135. The molecule has 2 aromatic carbocycles. The molecule has 0 spiro atoms. The molecule has 0 aliphatic rings. The first-order valence-corrected chi connectivity index (χ1v) is 7.78. The number of carbonyl (C=O) groups is 1. The fourth-order valence-corrected chi connectivity index (χ4v) is 2.36. The first kappa shape index (κ1) is 18.5. The molecule has 0 aliphatic heterocycles. The Kier molecular flexibility index (Phi) is 6.43. The van der Waals surface area contributed by atoms with Crippen molar-refractivity contribution in [1.82, 2.24) is 0 Å². The lowest BCUT2D eigenvalue weighted by atomic mass is 10.2. The summed E-state index contributed by atoms with van der Waals surface area (Å²) in [6.07, 6.45) is 0. The van der Waals surface area contributed by atoms with Crippen LogP contribution < -0.4 is 4.74 Å². The van der Waals surface area contributed by atoms with Gasteiger partial charge in [0.05, 0.1) is 15.8 Å². The quantitative estimate of drug-likeness (QED) is 0.390. The molecule has 0 N–H and O–H groups in total. The summed E-state index contributed by atoms with van der Waals surface area (Å²) in [5.41, 5.74) is -0.0424. The third-order valence-electron chi connectivity index (χ3n) is 2.78. The number of halogens is 4. The van der Waals surface area contributed by atoms with Crippen molar-refractivity contribution in [2.45, 2.75) is 6.92 Å². The minimum atomic E-state index is -0.998. The van der Waals surface area contributed by atoms with Gasteiger partial charge in [-0.25, -0.2) is 9.18 Å². The summed E-state index contributed by atoms with van der Waals surface area (Å²) in [7, 11) is 0. The Morgan fingerprint density at radius 1 is 1.17 bits per heavy atom. The topological polar surface area (TPSA) is 47.9 Å². The maximum Gasteiger partial charge on any atom is 0.370 e. The van der Waals surface area contributed by atoms with Crippen molar-refractivity contribution < 1.29 is 18.8 Å². The Bertz CT molecular complexity index is 776. The van der Waals surface area contributed by atoms with Crippen LogP contribution in [-0.4, -0.2) is 18.3 Å². The van der Waals surface area contributed by atoms with Gasteiger partial charge in [-0.1, -0.05) is 46.0 Å². The summed E-state index contributed by atoms with van der Waals surface area (Å²) in [6, 6.07) is 8.62. The number of benzene rings is 2. The van der Waals surface area contributed by atoms with E-state index in [-0.39, 0.29) is 17.2 Å². The molecule has 2 rings (SSSR count). The Balaban J connectivity index is 1.97. The molecule has 4 nitrogen and oxygen atoms in total. The molecule has 0 bridgehead atoms. The van der Waals surface area contributed by atoms with Gasteiger partial charge in [0, 0.05) is 5.02 Å². The van der Waals surface area contributed by atoms with Crippen LogP contribution in [0.5, 0.6) is 5.75 Å². The molecule has 0 radical (unpaired) electrons. The van der Waals surface area contributed by atoms with Gasteiger partial charge in [0.1, 0.15) is 23.7 Å². The van der Waals surface area contributed by atoms with Crippen LogP contribution in [0, 0.1) is 5.82 Å². The number of rotatable bonds is 5. The average Bonchev–Trinajstić information content (AvgIpc) is 2.52. The molecule has 0 aromatic heterocycles. The molecular formula is C16H11Cl3FNO3. The van der Waals surface area contributed by atoms with Crippen molar-refractivity contribution in [3.05, 3.63) is 62.8 Å². The minimum Gasteiger partial charge on any atom is -0.486 e. The molecule has 0 saturated heterocycles. The molecular weight excluding hydrogens is 380 g/mol. The number of hydrogen-bond acceptors (Lipinski definition) is 4. The SMILES string of the molecule is C/C(COc1ccc(Cl)cc1Cl)=N\OC(=O)c1c(F)cccc1Cl. The zero-order valence-corrected chi connectivity index (χ0v) is 14.6. The van der Waals surface area contributed by atoms with Crippen LogP contribution in [0.2, 0.25) is 15.1 Å². The summed E-state index contributed by atoms with van der Waals surface area (Å²) < 4.78 is 19.0. The van der Waals surface area contributed by atoms with E-state index >= 15 is 0 Å². The number of ether oxygens (including phenoxy) is 1. The highest BCUT2D eigenvalue weighted by Crippen LogP contribution is 2.27. The van der Waals surface area contributed by atoms with Crippen LogP contribution in [0.25, 0.3) is 0 Å². The lowest BCUT2D eigenvalue weighted by molar-refractivity contribution is 0.0508. The maximum atomic E-state index is 13.6. The molecule has 0 heterocycles. The lowest BCUT2D eigenvalue weighted by Gasteiger charge is -2.08. The van der Waals surface area contributed by atoms with Crippen LogP contribution in [0.1, 0.15) is 17.3 Å². The van der Waals surface area contributed by atoms with Crippen LogP contribution >= 0.6 is 34.8 Å². The second kappa shape index (κ2) is 8.33. The van der Waals surface area contributed by atoms with E-state index in [1.165, 1.54) is 18.2 Å². The van der Waals surface area contributed by atoms with Gasteiger partial charge in [-0.2, -0.15) is 0 Å². The predicted octanol–water partition coefficient (Wildman–Crippen LogP) is 5.40. The van der Waals surface area contributed by atoms with Crippen molar-refractivity contribution in [1.29, 1.82) is 0 Å². The summed E-state index contributed by atoms with van der Waals surface area (Å²) in [5.74, 6) is -1.38. The molecule has 126 valence electrons. The van der Waals surface area contributed by atoms with E-state index in [2.05, 4.69) is 9.99 Å². The standard InChI is InChI=1S/C16H11Cl3FNO3/c1-9(8-23-14-6-5-10(17)7-12(14)19)21-24-16(22)15-11(18)3-2-4-13(15)20/h2-7H,8H2,1H3/b21-9+. The third kappa shape index (κ3) is 4.84. The van der Waals surface area contributed by atoms with Crippen LogP contribution in [-0.2, 0) is 4.84 Å². The highest BCUT2D eigenvalue weighted by Gasteiger charge is 2.17. The first-order valence-electron chi connectivity index (χ1n) is 6.65. The number of oxime groups is 1. The third-order valence-corrected chi connectivity index (χ3v) is 3.63. The van der Waals surface area contributed by atoms with Crippen molar-refractivity contribution in [2.75, 3.05) is 6.61 Å². The Hall–Kier alpha value is -1.82. The molecule has 2 aromatic rings. The molecule has 0 aliphatic carbocycles. The van der Waals surface area contributed by atoms with Crippen LogP contribution in [0.15, 0.2) is 41.6 Å². The summed E-state index contributed by atoms with van der Waals surface area (Å²) >= 11 is 17.5. The molecule has 0 unspecified atom stereocenters. The fourth-order valence-electron chi connectivity index (χ4n) is 1.66. The van der Waals surface area contributed by atoms with E-state index in [9.17, 15) is 9.18 Å². The Morgan fingerprint density at radius 2 is 1.92 bits per heavy atom. The van der Waals surface area contributed by atoms with Crippen molar-refractivity contribution in [2.24, 2.45) is 5.16 Å². The Morgan fingerprint density at radius 3 is 2.58 bits per heavy atom. The van der Waals surface area contributed by atoms with Gasteiger partial charge in [-0.3, -0.25) is 0 Å². The largest absolute Gasteiger partial charge is 0.486 e. The fraction of sp³-hybridized carbons (Fsp3) is 0.125. The van der Waals surface area contributed by atoms with E-state index in [0.29, 0.717) is 21.5 Å². The molecule has 0 atom stereocenters. The lowest BCUT2D eigenvalue weighted by Crippen LogP contribution is -2.11. The molecule has 24 heavy (non-hydrogen) atoms. The normalized spacial score (nSPS) is 11.3. The second-order valence-electron chi connectivity index (χ2n) is 4.67. The number of carbonyl (C=O) groups excluding carboxylic acids is 1. The van der Waals surface area contributed by atoms with E-state index in [4.69, 9.17) is 39.5 Å². The van der Waals surface area contributed by atoms with Crippen molar-refractivity contribution in [3.8, 4) is 5.75 Å². The van der Waals surface area contributed by atoms with Gasteiger partial charge in [0.25, 0.3) is 0 Å². The van der Waals surface area contributed by atoms with Gasteiger partial charge < -0.3 is 9.57 Å². The molecule has 0 amide bonds. The molecule has 8 heteroatoms. The van der Waals surface area contributed by atoms with Crippen molar-refractivity contribution >= 4 is 46.5 Å². The van der Waals surface area contributed by atoms with Crippen LogP contribution in [0.3, 0.4) is 0 Å². The van der Waals surface area contributed by atoms with Gasteiger partial charge >= 0.3 is 5.97 Å². The molecule has 0 fully saturated rings. The van der Waals surface area contributed by atoms with E-state index < -0.39 is 11.8 Å². The zero-order valence-electron chi connectivity index (χ0n) is 12.4. The highest BCUT2D eigenvalue weighted by atomic mass is 35.5. The maximum absolute atomic E-state index is 13.6. The Labute approximate surface area is 152 Å². The zero-order chi connectivity index (χ0) is 17.7. The molecule has 0 saturated carbocycles. The van der Waals surface area contributed by atoms with Gasteiger partial charge in [-0.15, -0.1) is 0 Å². The van der Waals surface area contributed by atoms with Gasteiger partial charge in [0.2, 0.25) is 0 Å². The second-order valence-corrected chi connectivity index (χ2v) is 5.92. The van der Waals surface area contributed by atoms with Crippen molar-refractivity contribution in [3.63, 3.8) is 0 Å². The van der Waals surface area contributed by atoms with E-state index in [1.54, 1.807) is 19.1 Å². The van der Waals surface area contributed by atoms with Crippen LogP contribution in [0.4, 0.5) is 4.39 Å². The smallest absolute Gasteiger partial charge is 0.370 e. The average molecular weight is 391 g/mol. The summed E-state index contributed by atoms with van der Waals surface area (Å²) in [4.78, 5) is 16.5. The predicted molar refractivity (Wildman–Crippen MR) is 91.9 cm³/mol. The van der Waals surface area contributed by atoms with Gasteiger partial charge in [0.15, 0.2) is 0 Å². The monoisotopic (exact) mass is 389 g/mol. The van der Waals surface area contributed by atoms with E-state index in [0.717, 1.165) is 6.07 Å².